The van der Waals surface area contributed by atoms with Crippen molar-refractivity contribution in [2.75, 3.05) is 18.0 Å². The summed E-state index contributed by atoms with van der Waals surface area (Å²) in [5.74, 6) is 0.119. The van der Waals surface area contributed by atoms with Gasteiger partial charge in [-0.25, -0.2) is 13.1 Å². The van der Waals surface area contributed by atoms with Gasteiger partial charge in [0.2, 0.25) is 15.9 Å². The number of halogens is 1. The number of anilines is 1. The topological polar surface area (TPSA) is 84.3 Å². The number of benzene rings is 1. The fourth-order valence-electron chi connectivity index (χ4n) is 2.88. The maximum Gasteiger partial charge on any atom is 0.240 e. The lowest BCUT2D eigenvalue weighted by molar-refractivity contribution is -0.117. The number of nitrogens with zero attached hydrogens (tertiary/aromatic N) is 3. The molecule has 0 radical (unpaired) electrons. The molecule has 9 heteroatoms. The van der Waals surface area contributed by atoms with E-state index < -0.39 is 10.0 Å². The van der Waals surface area contributed by atoms with Crippen LogP contribution in [-0.2, 0) is 21.4 Å². The number of aromatic nitrogens is 2. The minimum atomic E-state index is -3.61. The molecule has 1 aliphatic heterocycles. The summed E-state index contributed by atoms with van der Waals surface area (Å²) in [4.78, 5) is 13.6. The molecule has 1 aromatic heterocycles. The Bertz CT molecular complexity index is 880. The van der Waals surface area contributed by atoms with Crippen molar-refractivity contribution < 1.29 is 13.2 Å². The Morgan fingerprint density at radius 2 is 2.04 bits per heavy atom. The van der Waals surface area contributed by atoms with Crippen LogP contribution < -0.4 is 9.62 Å². The van der Waals surface area contributed by atoms with E-state index in [9.17, 15) is 13.2 Å². The zero-order valence-corrected chi connectivity index (χ0v) is 16.0. The highest BCUT2D eigenvalue weighted by molar-refractivity contribution is 7.89. The van der Waals surface area contributed by atoms with Crippen LogP contribution in [0.2, 0.25) is 5.02 Å². The molecule has 0 saturated carbocycles. The molecule has 2 aromatic rings. The predicted octanol–water partition coefficient (Wildman–Crippen LogP) is 2.28. The number of rotatable bonds is 7. The Morgan fingerprint density at radius 3 is 2.62 bits per heavy atom. The number of hydrogen-bond acceptors (Lipinski definition) is 4. The number of carbonyl (C=O) groups is 1. The van der Waals surface area contributed by atoms with Gasteiger partial charge in [0, 0.05) is 37.9 Å². The Hall–Kier alpha value is -1.90. The summed E-state index contributed by atoms with van der Waals surface area (Å²) in [6, 6.07) is 6.41. The Balaban J connectivity index is 1.59. The molecule has 0 spiro atoms. The van der Waals surface area contributed by atoms with Gasteiger partial charge in [0.15, 0.2) is 0 Å². The van der Waals surface area contributed by atoms with Crippen molar-refractivity contribution in [1.29, 1.82) is 0 Å². The van der Waals surface area contributed by atoms with Gasteiger partial charge in [0.1, 0.15) is 0 Å². The molecule has 0 aliphatic carbocycles. The molecule has 1 amide bonds. The minimum Gasteiger partial charge on any atom is -0.312 e. The summed E-state index contributed by atoms with van der Waals surface area (Å²) in [5, 5.41) is 4.64. The molecule has 1 aliphatic rings. The highest BCUT2D eigenvalue weighted by atomic mass is 35.5. The van der Waals surface area contributed by atoms with Crippen LogP contribution in [0.5, 0.6) is 0 Å². The van der Waals surface area contributed by atoms with E-state index in [-0.39, 0.29) is 23.3 Å². The molecule has 1 saturated heterocycles. The maximum absolute atomic E-state index is 12.5. The zero-order valence-electron chi connectivity index (χ0n) is 14.4. The van der Waals surface area contributed by atoms with Crippen LogP contribution in [0.3, 0.4) is 0 Å². The smallest absolute Gasteiger partial charge is 0.240 e. The average Bonchev–Trinajstić information content (AvgIpc) is 3.21. The van der Waals surface area contributed by atoms with Crippen molar-refractivity contribution in [2.45, 2.75) is 31.2 Å². The van der Waals surface area contributed by atoms with E-state index in [0.29, 0.717) is 24.5 Å². The summed E-state index contributed by atoms with van der Waals surface area (Å²) in [5.41, 5.74) is 0.732. The van der Waals surface area contributed by atoms with Gasteiger partial charge < -0.3 is 4.90 Å². The highest BCUT2D eigenvalue weighted by Crippen LogP contribution is 2.23. The third-order valence-electron chi connectivity index (χ3n) is 4.25. The van der Waals surface area contributed by atoms with Gasteiger partial charge in [-0.1, -0.05) is 18.5 Å². The standard InChI is InChI=1S/C17H21ClN4O3S/c1-13(11-21-12-14(18)10-19-21)9-20-26(24,25)16-6-4-15(5-7-16)22-8-2-3-17(22)23/h4-7,10,12-13,20H,2-3,8-9,11H2,1H3/t13-/m1/s1. The third kappa shape index (κ3) is 4.44. The SMILES string of the molecule is C[C@H](CNS(=O)(=O)c1ccc(N2CCCC2=O)cc1)Cn1cc(Cl)cn1. The van der Waals surface area contributed by atoms with E-state index in [0.717, 1.165) is 12.1 Å². The van der Waals surface area contributed by atoms with Gasteiger partial charge in [-0.2, -0.15) is 5.10 Å². The highest BCUT2D eigenvalue weighted by Gasteiger charge is 2.22. The van der Waals surface area contributed by atoms with Gasteiger partial charge in [-0.05, 0) is 36.6 Å². The third-order valence-corrected chi connectivity index (χ3v) is 5.89. The van der Waals surface area contributed by atoms with Crippen LogP contribution >= 0.6 is 11.6 Å². The van der Waals surface area contributed by atoms with Crippen LogP contribution in [0.15, 0.2) is 41.6 Å². The largest absolute Gasteiger partial charge is 0.312 e. The molecule has 1 fully saturated rings. The van der Waals surface area contributed by atoms with Crippen LogP contribution in [0.4, 0.5) is 5.69 Å². The molecule has 0 unspecified atom stereocenters. The molecule has 7 nitrogen and oxygen atoms in total. The fourth-order valence-corrected chi connectivity index (χ4v) is 4.21. The van der Waals surface area contributed by atoms with Gasteiger partial charge in [0.25, 0.3) is 0 Å². The Kier molecular flexibility index (Phi) is 5.64. The minimum absolute atomic E-state index is 0.0437. The number of hydrogen-bond donors (Lipinski definition) is 1. The van der Waals surface area contributed by atoms with E-state index in [1.165, 1.54) is 12.1 Å². The summed E-state index contributed by atoms with van der Waals surface area (Å²) in [6.45, 7) is 3.45. The molecule has 26 heavy (non-hydrogen) atoms. The second kappa shape index (κ2) is 7.77. The lowest BCUT2D eigenvalue weighted by Gasteiger charge is -2.16. The fraction of sp³-hybridized carbons (Fsp3) is 0.412. The van der Waals surface area contributed by atoms with Gasteiger partial charge in [-0.15, -0.1) is 0 Å². The first-order valence-corrected chi connectivity index (χ1v) is 10.3. The first-order valence-electron chi connectivity index (χ1n) is 8.43. The van der Waals surface area contributed by atoms with Gasteiger partial charge in [0.05, 0.1) is 16.1 Å². The summed E-state index contributed by atoms with van der Waals surface area (Å²) in [6.07, 6.45) is 4.62. The quantitative estimate of drug-likeness (QED) is 0.778. The van der Waals surface area contributed by atoms with Crippen LogP contribution in [0, 0.1) is 5.92 Å². The van der Waals surface area contributed by atoms with Crippen molar-refractivity contribution in [3.05, 3.63) is 41.7 Å². The van der Waals surface area contributed by atoms with Crippen LogP contribution in [-0.4, -0.2) is 37.2 Å². The van der Waals surface area contributed by atoms with Crippen LogP contribution in [0.1, 0.15) is 19.8 Å². The maximum atomic E-state index is 12.5. The summed E-state index contributed by atoms with van der Waals surface area (Å²) < 4.78 is 29.2. The first-order chi connectivity index (χ1) is 12.3. The predicted molar refractivity (Wildman–Crippen MR) is 99.6 cm³/mol. The molecular formula is C17H21ClN4O3S. The molecule has 0 bridgehead atoms. The Morgan fingerprint density at radius 1 is 1.31 bits per heavy atom. The summed E-state index contributed by atoms with van der Waals surface area (Å²) >= 11 is 5.82. The van der Waals surface area contributed by atoms with Crippen molar-refractivity contribution >= 4 is 33.2 Å². The molecule has 140 valence electrons. The molecule has 1 N–H and O–H groups in total. The lowest BCUT2D eigenvalue weighted by atomic mass is 10.2. The van der Waals surface area contributed by atoms with Crippen molar-refractivity contribution in [3.8, 4) is 0 Å². The number of nitrogens with one attached hydrogen (secondary N) is 1. The van der Waals surface area contributed by atoms with Crippen molar-refractivity contribution in [1.82, 2.24) is 14.5 Å². The van der Waals surface area contributed by atoms with Crippen molar-refractivity contribution in [2.24, 2.45) is 5.92 Å². The average molecular weight is 397 g/mol. The normalized spacial score (nSPS) is 16.2. The second-order valence-corrected chi connectivity index (χ2v) is 8.68. The van der Waals surface area contributed by atoms with Crippen LogP contribution in [0.25, 0.3) is 0 Å². The molecule has 1 atom stereocenters. The molecule has 2 heterocycles. The van der Waals surface area contributed by atoms with E-state index in [1.54, 1.807) is 34.1 Å². The molecule has 3 rings (SSSR count). The molecular weight excluding hydrogens is 376 g/mol. The molecule has 1 aromatic carbocycles. The number of amides is 1. The summed E-state index contributed by atoms with van der Waals surface area (Å²) in [7, 11) is -3.61. The van der Waals surface area contributed by atoms with Crippen molar-refractivity contribution in [3.63, 3.8) is 0 Å². The Labute approximate surface area is 158 Å². The zero-order chi connectivity index (χ0) is 18.7. The second-order valence-electron chi connectivity index (χ2n) is 6.48. The van der Waals surface area contributed by atoms with E-state index >= 15 is 0 Å². The first kappa shape index (κ1) is 18.9. The lowest BCUT2D eigenvalue weighted by Crippen LogP contribution is -2.30. The van der Waals surface area contributed by atoms with E-state index in [2.05, 4.69) is 9.82 Å². The monoisotopic (exact) mass is 396 g/mol. The number of carbonyl (C=O) groups excluding carboxylic acids is 1. The van der Waals surface area contributed by atoms with E-state index in [4.69, 9.17) is 11.6 Å². The van der Waals surface area contributed by atoms with Gasteiger partial charge >= 0.3 is 0 Å². The van der Waals surface area contributed by atoms with Gasteiger partial charge in [-0.3, -0.25) is 9.48 Å². The van der Waals surface area contributed by atoms with E-state index in [1.807, 2.05) is 6.92 Å². The number of sulfonamides is 1.